The van der Waals surface area contributed by atoms with Crippen molar-refractivity contribution in [3.05, 3.63) is 0 Å². The molecule has 1 aliphatic carbocycles. The molecule has 6 nitrogen and oxygen atoms in total. The summed E-state index contributed by atoms with van der Waals surface area (Å²) in [5.41, 5.74) is 2.48. The van der Waals surface area contributed by atoms with Gasteiger partial charge < -0.3 is 10.2 Å². The summed E-state index contributed by atoms with van der Waals surface area (Å²) < 4.78 is 0. The lowest BCUT2D eigenvalue weighted by Gasteiger charge is -2.33. The van der Waals surface area contributed by atoms with Gasteiger partial charge in [0.2, 0.25) is 6.41 Å². The molecule has 0 atom stereocenters. The van der Waals surface area contributed by atoms with Crippen LogP contribution >= 0.6 is 0 Å². The van der Waals surface area contributed by atoms with Crippen molar-refractivity contribution in [2.24, 2.45) is 10.8 Å². The van der Waals surface area contributed by atoms with Crippen LogP contribution in [0.3, 0.4) is 0 Å². The van der Waals surface area contributed by atoms with E-state index in [0.717, 1.165) is 32.1 Å². The molecule has 1 aliphatic rings. The zero-order valence-corrected chi connectivity index (χ0v) is 9.72. The maximum absolute atomic E-state index is 10.3. The van der Waals surface area contributed by atoms with Gasteiger partial charge in [-0.25, -0.2) is 5.43 Å². The number of carbonyl (C=O) groups excluding carboxylic acids is 1. The van der Waals surface area contributed by atoms with E-state index in [1.54, 1.807) is 0 Å². The molecule has 0 radical (unpaired) electrons. The molecule has 0 aromatic heterocycles. The van der Waals surface area contributed by atoms with Crippen LogP contribution in [-0.2, 0) is 4.79 Å². The Kier molecular flexibility index (Phi) is 5.81. The normalized spacial score (nSPS) is 25.6. The Morgan fingerprint density at radius 1 is 1.44 bits per heavy atom. The van der Waals surface area contributed by atoms with E-state index in [1.807, 2.05) is 13.4 Å². The summed E-state index contributed by atoms with van der Waals surface area (Å²) in [6.45, 7) is 0.437. The number of aliphatic imine (C=N–C) groups is 1. The molecule has 0 aliphatic heterocycles. The van der Waals surface area contributed by atoms with Gasteiger partial charge in [0, 0.05) is 19.1 Å². The van der Waals surface area contributed by atoms with Crippen molar-refractivity contribution in [3.63, 3.8) is 0 Å². The number of rotatable bonds is 6. The third-order valence-corrected chi connectivity index (χ3v) is 3.02. The molecule has 92 valence electrons. The lowest BCUT2D eigenvalue weighted by Crippen LogP contribution is -2.40. The van der Waals surface area contributed by atoms with Crippen LogP contribution in [0.25, 0.3) is 0 Å². The van der Waals surface area contributed by atoms with Gasteiger partial charge in [-0.15, -0.1) is 0 Å². The number of nitrogens with zero attached hydrogens (tertiary/aromatic N) is 2. The Balaban J connectivity index is 2.26. The topological polar surface area (TPSA) is 82.8 Å². The van der Waals surface area contributed by atoms with Gasteiger partial charge in [0.15, 0.2) is 0 Å². The molecular weight excluding hydrogens is 206 g/mol. The van der Waals surface area contributed by atoms with Crippen LogP contribution in [-0.4, -0.2) is 43.4 Å². The van der Waals surface area contributed by atoms with E-state index in [2.05, 4.69) is 20.6 Å². The van der Waals surface area contributed by atoms with Crippen LogP contribution < -0.4 is 16.6 Å². The Morgan fingerprint density at radius 2 is 2.12 bits per heavy atom. The van der Waals surface area contributed by atoms with Gasteiger partial charge in [0.25, 0.3) is 0 Å². The molecule has 1 amide bonds. The smallest absolute Gasteiger partial charge is 0.207 e. The van der Waals surface area contributed by atoms with E-state index in [4.69, 9.17) is 5.84 Å². The highest BCUT2D eigenvalue weighted by Crippen LogP contribution is 2.21. The van der Waals surface area contributed by atoms with Crippen LogP contribution in [0.15, 0.2) is 4.99 Å². The molecule has 1 rings (SSSR count). The zero-order valence-electron chi connectivity index (χ0n) is 9.72. The summed E-state index contributed by atoms with van der Waals surface area (Å²) in [4.78, 5) is 16.5. The molecule has 0 aromatic carbocycles. The molecule has 1 fully saturated rings. The Bertz CT molecular complexity index is 225. The summed E-state index contributed by atoms with van der Waals surface area (Å²) >= 11 is 0. The SMILES string of the molecule is CN(/C=N\CNN)C1CCC(NC=O)CC1. The van der Waals surface area contributed by atoms with Gasteiger partial charge >= 0.3 is 0 Å². The first kappa shape index (κ1) is 12.9. The third-order valence-electron chi connectivity index (χ3n) is 3.02. The van der Waals surface area contributed by atoms with E-state index in [-0.39, 0.29) is 0 Å². The fourth-order valence-corrected chi connectivity index (χ4v) is 2.06. The predicted molar refractivity (Wildman–Crippen MR) is 63.7 cm³/mol. The standard InChI is InChI=1S/C10H21N5O/c1-15(7-12-6-14-11)10-4-2-9(3-5-10)13-8-16/h7-10,14H,2-6,11H2,1H3,(H,13,16)/b12-7-. The van der Waals surface area contributed by atoms with Gasteiger partial charge in [-0.1, -0.05) is 0 Å². The number of amides is 1. The molecular formula is C10H21N5O. The van der Waals surface area contributed by atoms with Crippen LogP contribution in [0, 0.1) is 0 Å². The number of carbonyl (C=O) groups is 1. The highest BCUT2D eigenvalue weighted by molar-refractivity contribution is 5.54. The molecule has 6 heteroatoms. The highest BCUT2D eigenvalue weighted by atomic mass is 16.1. The predicted octanol–water partition coefficient (Wildman–Crippen LogP) is -0.575. The molecule has 1 saturated carbocycles. The number of hydrogen-bond donors (Lipinski definition) is 3. The zero-order chi connectivity index (χ0) is 11.8. The van der Waals surface area contributed by atoms with Crippen molar-refractivity contribution in [1.82, 2.24) is 15.6 Å². The largest absolute Gasteiger partial charge is 0.363 e. The molecule has 4 N–H and O–H groups in total. The number of nitrogens with two attached hydrogens (primary N) is 1. The number of hydrogen-bond acceptors (Lipinski definition) is 4. The lowest BCUT2D eigenvalue weighted by molar-refractivity contribution is -0.110. The second kappa shape index (κ2) is 7.19. The summed E-state index contributed by atoms with van der Waals surface area (Å²) in [7, 11) is 2.03. The second-order valence-corrected chi connectivity index (χ2v) is 4.12. The molecule has 16 heavy (non-hydrogen) atoms. The molecule has 0 aromatic rings. The van der Waals surface area contributed by atoms with Gasteiger partial charge in [-0.2, -0.15) is 0 Å². The maximum Gasteiger partial charge on any atom is 0.207 e. The van der Waals surface area contributed by atoms with Crippen molar-refractivity contribution < 1.29 is 4.79 Å². The first-order valence-electron chi connectivity index (χ1n) is 5.63. The highest BCUT2D eigenvalue weighted by Gasteiger charge is 2.22. The Labute approximate surface area is 96.2 Å². The molecule has 0 spiro atoms. The van der Waals surface area contributed by atoms with E-state index < -0.39 is 0 Å². The van der Waals surface area contributed by atoms with Gasteiger partial charge in [0.05, 0.1) is 6.34 Å². The molecule has 0 saturated heterocycles. The quantitative estimate of drug-likeness (QED) is 0.186. The van der Waals surface area contributed by atoms with Crippen LogP contribution in [0.1, 0.15) is 25.7 Å². The van der Waals surface area contributed by atoms with Crippen molar-refractivity contribution in [3.8, 4) is 0 Å². The Morgan fingerprint density at radius 3 is 2.69 bits per heavy atom. The van der Waals surface area contributed by atoms with Crippen molar-refractivity contribution >= 4 is 12.7 Å². The van der Waals surface area contributed by atoms with Gasteiger partial charge in [0.1, 0.15) is 6.67 Å². The van der Waals surface area contributed by atoms with E-state index in [9.17, 15) is 4.79 Å². The van der Waals surface area contributed by atoms with Gasteiger partial charge in [-0.3, -0.25) is 15.6 Å². The van der Waals surface area contributed by atoms with Crippen molar-refractivity contribution in [1.29, 1.82) is 0 Å². The fraction of sp³-hybridized carbons (Fsp3) is 0.800. The minimum absolute atomic E-state index is 0.352. The molecule has 0 bridgehead atoms. The van der Waals surface area contributed by atoms with E-state index in [1.165, 1.54) is 0 Å². The van der Waals surface area contributed by atoms with Crippen molar-refractivity contribution in [2.75, 3.05) is 13.7 Å². The molecule has 0 unspecified atom stereocenters. The summed E-state index contributed by atoms with van der Waals surface area (Å²) in [6.07, 6.45) is 6.86. The lowest BCUT2D eigenvalue weighted by atomic mass is 9.91. The average Bonchev–Trinajstić information content (AvgIpc) is 2.30. The number of nitrogens with one attached hydrogen (secondary N) is 2. The fourth-order valence-electron chi connectivity index (χ4n) is 2.06. The van der Waals surface area contributed by atoms with Crippen LogP contribution in [0.2, 0.25) is 0 Å². The summed E-state index contributed by atoms with van der Waals surface area (Å²) in [6, 6.07) is 0.871. The second-order valence-electron chi connectivity index (χ2n) is 4.12. The third kappa shape index (κ3) is 4.16. The minimum Gasteiger partial charge on any atom is -0.363 e. The molecule has 0 heterocycles. The Hall–Kier alpha value is -1.14. The number of hydrazine groups is 1. The first-order chi connectivity index (χ1) is 7.77. The van der Waals surface area contributed by atoms with Crippen LogP contribution in [0.4, 0.5) is 0 Å². The monoisotopic (exact) mass is 227 g/mol. The van der Waals surface area contributed by atoms with E-state index in [0.29, 0.717) is 18.8 Å². The summed E-state index contributed by atoms with van der Waals surface area (Å²) in [5, 5.41) is 2.84. The first-order valence-corrected chi connectivity index (χ1v) is 5.63. The van der Waals surface area contributed by atoms with E-state index >= 15 is 0 Å². The minimum atomic E-state index is 0.352. The summed E-state index contributed by atoms with van der Waals surface area (Å²) in [5.74, 6) is 5.12. The average molecular weight is 227 g/mol. The maximum atomic E-state index is 10.3. The van der Waals surface area contributed by atoms with Crippen molar-refractivity contribution in [2.45, 2.75) is 37.8 Å². The van der Waals surface area contributed by atoms with Crippen LogP contribution in [0.5, 0.6) is 0 Å². The van der Waals surface area contributed by atoms with Gasteiger partial charge in [-0.05, 0) is 25.7 Å².